The van der Waals surface area contributed by atoms with Crippen LogP contribution in [0.25, 0.3) is 82.8 Å². The van der Waals surface area contributed by atoms with Gasteiger partial charge in [-0.3, -0.25) is 0 Å². The summed E-state index contributed by atoms with van der Waals surface area (Å²) in [6.07, 6.45) is 0. The van der Waals surface area contributed by atoms with Crippen molar-refractivity contribution < 1.29 is 0 Å². The van der Waals surface area contributed by atoms with Gasteiger partial charge < -0.3 is 9.47 Å². The molecule has 0 aliphatic rings. The number of rotatable bonds is 8. The second-order valence-corrected chi connectivity index (χ2v) is 17.7. The molecule has 2 nitrogen and oxygen atoms in total. The third-order valence-electron chi connectivity index (χ3n) is 12.8. The first-order valence-corrected chi connectivity index (χ1v) is 22.3. The molecule has 0 amide bonds. The van der Waals surface area contributed by atoms with Crippen LogP contribution in [0, 0.1) is 0 Å². The van der Waals surface area contributed by atoms with Gasteiger partial charge in [0.25, 0.3) is 0 Å². The smallest absolute Gasteiger partial charge is 0.0543 e. The van der Waals surface area contributed by atoms with Crippen LogP contribution in [-0.4, -0.2) is 4.57 Å². The standard InChI is InChI=1S/C62H48N2/c1-62(2,3)47-38-39-50(43-21-7-4-8-22-43)60(42-47)64(58-36-18-14-30-52(58)54-33-20-26-45-25-19-32-51(61(45)54)44-23-9-5-10-24-44)56-34-16-13-29-49(56)46-37-40-59-55(41-46)53-31-15-17-35-57(53)63(59)48-27-11-6-12-28-48/h4-42H,1-3H3. The monoisotopic (exact) mass is 820 g/mol. The Morgan fingerprint density at radius 3 is 1.58 bits per heavy atom. The lowest BCUT2D eigenvalue weighted by molar-refractivity contribution is 0.590. The summed E-state index contributed by atoms with van der Waals surface area (Å²) < 4.78 is 2.39. The Bertz CT molecular complexity index is 3460. The molecule has 11 rings (SSSR count). The number of aromatic nitrogens is 1. The van der Waals surface area contributed by atoms with E-state index in [-0.39, 0.29) is 5.41 Å². The second kappa shape index (κ2) is 16.1. The van der Waals surface area contributed by atoms with Crippen LogP contribution in [-0.2, 0) is 5.41 Å². The van der Waals surface area contributed by atoms with E-state index in [4.69, 9.17) is 0 Å². The van der Waals surface area contributed by atoms with Crippen molar-refractivity contribution in [3.05, 3.63) is 242 Å². The molecule has 0 atom stereocenters. The Morgan fingerprint density at radius 1 is 0.344 bits per heavy atom. The van der Waals surface area contributed by atoms with Crippen molar-refractivity contribution in [1.29, 1.82) is 0 Å². The predicted molar refractivity (Wildman–Crippen MR) is 273 cm³/mol. The minimum absolute atomic E-state index is 0.0904. The van der Waals surface area contributed by atoms with Crippen LogP contribution >= 0.6 is 0 Å². The number of hydrogen-bond acceptors (Lipinski definition) is 1. The highest BCUT2D eigenvalue weighted by Crippen LogP contribution is 2.50. The number of benzene rings is 10. The summed E-state index contributed by atoms with van der Waals surface area (Å²) in [5.41, 5.74) is 17.5. The van der Waals surface area contributed by atoms with E-state index in [0.29, 0.717) is 0 Å². The average Bonchev–Trinajstić information content (AvgIpc) is 3.68. The number of anilines is 3. The van der Waals surface area contributed by atoms with Crippen LogP contribution in [0.4, 0.5) is 17.1 Å². The molecular formula is C62H48N2. The molecule has 0 bridgehead atoms. The first-order chi connectivity index (χ1) is 31.4. The molecule has 0 spiro atoms. The molecular weight excluding hydrogens is 773 g/mol. The lowest BCUT2D eigenvalue weighted by Crippen LogP contribution is -2.16. The topological polar surface area (TPSA) is 8.17 Å². The number of hydrogen-bond donors (Lipinski definition) is 0. The van der Waals surface area contributed by atoms with Gasteiger partial charge in [-0.2, -0.15) is 0 Å². The Hall–Kier alpha value is -7.94. The van der Waals surface area contributed by atoms with E-state index in [0.717, 1.165) is 39.4 Å². The van der Waals surface area contributed by atoms with Crippen molar-refractivity contribution in [2.75, 3.05) is 4.90 Å². The van der Waals surface area contributed by atoms with Gasteiger partial charge in [-0.1, -0.05) is 209 Å². The van der Waals surface area contributed by atoms with Crippen molar-refractivity contribution in [2.24, 2.45) is 0 Å². The molecule has 0 radical (unpaired) electrons. The molecule has 11 aromatic rings. The fourth-order valence-corrected chi connectivity index (χ4v) is 9.66. The highest BCUT2D eigenvalue weighted by molar-refractivity contribution is 6.12. The average molecular weight is 821 g/mol. The summed E-state index contributed by atoms with van der Waals surface area (Å²) in [5, 5.41) is 4.91. The zero-order valence-electron chi connectivity index (χ0n) is 36.4. The zero-order valence-corrected chi connectivity index (χ0v) is 36.4. The summed E-state index contributed by atoms with van der Waals surface area (Å²) in [6, 6.07) is 86.7. The molecule has 0 fully saturated rings. The van der Waals surface area contributed by atoms with E-state index in [1.165, 1.54) is 66.0 Å². The molecule has 306 valence electrons. The lowest BCUT2D eigenvalue weighted by Gasteiger charge is -2.33. The highest BCUT2D eigenvalue weighted by atomic mass is 15.2. The Balaban J connectivity index is 1.21. The van der Waals surface area contributed by atoms with E-state index < -0.39 is 0 Å². The van der Waals surface area contributed by atoms with Gasteiger partial charge in [0, 0.05) is 33.2 Å². The van der Waals surface area contributed by atoms with E-state index >= 15 is 0 Å². The van der Waals surface area contributed by atoms with E-state index in [9.17, 15) is 0 Å². The van der Waals surface area contributed by atoms with E-state index in [1.54, 1.807) is 0 Å². The molecule has 10 aromatic carbocycles. The van der Waals surface area contributed by atoms with Gasteiger partial charge in [-0.05, 0) is 98.1 Å². The molecule has 0 aliphatic heterocycles. The maximum atomic E-state index is 2.55. The van der Waals surface area contributed by atoms with Gasteiger partial charge in [0.15, 0.2) is 0 Å². The van der Waals surface area contributed by atoms with Crippen LogP contribution < -0.4 is 4.90 Å². The normalized spacial score (nSPS) is 11.7. The number of para-hydroxylation sites is 4. The van der Waals surface area contributed by atoms with Crippen molar-refractivity contribution in [2.45, 2.75) is 26.2 Å². The molecule has 64 heavy (non-hydrogen) atoms. The summed E-state index contributed by atoms with van der Waals surface area (Å²) >= 11 is 0. The van der Waals surface area contributed by atoms with Crippen LogP contribution in [0.1, 0.15) is 26.3 Å². The molecule has 1 aromatic heterocycles. The van der Waals surface area contributed by atoms with Crippen LogP contribution in [0.5, 0.6) is 0 Å². The Labute approximate surface area is 376 Å². The van der Waals surface area contributed by atoms with Crippen LogP contribution in [0.2, 0.25) is 0 Å². The fourth-order valence-electron chi connectivity index (χ4n) is 9.66. The quantitative estimate of drug-likeness (QED) is 0.148. The van der Waals surface area contributed by atoms with Gasteiger partial charge in [0.1, 0.15) is 0 Å². The molecule has 0 N–H and O–H groups in total. The SMILES string of the molecule is CC(C)(C)c1ccc(-c2ccccc2)c(N(c2ccccc2-c2ccc3c(c2)c2ccccc2n3-c2ccccc2)c2ccccc2-c2cccc3cccc(-c4ccccc4)c23)c1. The fraction of sp³-hybridized carbons (Fsp3) is 0.0645. The second-order valence-electron chi connectivity index (χ2n) is 17.7. The molecule has 0 saturated heterocycles. The lowest BCUT2D eigenvalue weighted by atomic mass is 9.85. The molecule has 0 unspecified atom stereocenters. The van der Waals surface area contributed by atoms with Gasteiger partial charge in [0.2, 0.25) is 0 Å². The van der Waals surface area contributed by atoms with E-state index in [2.05, 4.69) is 267 Å². The zero-order chi connectivity index (χ0) is 43.2. The third kappa shape index (κ3) is 6.85. The molecule has 0 saturated carbocycles. The Morgan fingerprint density at radius 2 is 0.875 bits per heavy atom. The van der Waals surface area contributed by atoms with Gasteiger partial charge >= 0.3 is 0 Å². The van der Waals surface area contributed by atoms with E-state index in [1.807, 2.05) is 0 Å². The van der Waals surface area contributed by atoms with Crippen molar-refractivity contribution in [3.8, 4) is 50.2 Å². The van der Waals surface area contributed by atoms with Crippen molar-refractivity contribution >= 4 is 49.6 Å². The van der Waals surface area contributed by atoms with Crippen molar-refractivity contribution in [1.82, 2.24) is 4.57 Å². The molecule has 2 heteroatoms. The molecule has 0 aliphatic carbocycles. The summed E-state index contributed by atoms with van der Waals surface area (Å²) in [5.74, 6) is 0. The van der Waals surface area contributed by atoms with Gasteiger partial charge in [-0.15, -0.1) is 0 Å². The largest absolute Gasteiger partial charge is 0.309 e. The van der Waals surface area contributed by atoms with Crippen LogP contribution in [0.3, 0.4) is 0 Å². The maximum absolute atomic E-state index is 2.55. The highest BCUT2D eigenvalue weighted by Gasteiger charge is 2.27. The first kappa shape index (κ1) is 38.9. The van der Waals surface area contributed by atoms with Crippen LogP contribution in [0.15, 0.2) is 237 Å². The predicted octanol–water partition coefficient (Wildman–Crippen LogP) is 17.4. The Kier molecular flexibility index (Phi) is 9.78. The maximum Gasteiger partial charge on any atom is 0.0543 e. The summed E-state index contributed by atoms with van der Waals surface area (Å²) in [4.78, 5) is 2.55. The van der Waals surface area contributed by atoms with Crippen molar-refractivity contribution in [3.63, 3.8) is 0 Å². The third-order valence-corrected chi connectivity index (χ3v) is 12.8. The minimum Gasteiger partial charge on any atom is -0.309 e. The molecule has 1 heterocycles. The number of fused-ring (bicyclic) bond motifs is 4. The summed E-state index contributed by atoms with van der Waals surface area (Å²) in [7, 11) is 0. The van der Waals surface area contributed by atoms with Gasteiger partial charge in [0.05, 0.1) is 28.1 Å². The number of nitrogens with zero attached hydrogens (tertiary/aromatic N) is 2. The summed E-state index contributed by atoms with van der Waals surface area (Å²) in [6.45, 7) is 6.93. The first-order valence-electron chi connectivity index (χ1n) is 22.3. The van der Waals surface area contributed by atoms with Gasteiger partial charge in [-0.25, -0.2) is 0 Å². The minimum atomic E-state index is -0.0904.